The lowest BCUT2D eigenvalue weighted by atomic mass is 10.2. The maximum Gasteiger partial charge on any atom is 0.332 e. The van der Waals surface area contributed by atoms with E-state index in [1.165, 1.54) is 35.5 Å². The standard InChI is InChI=1S/C30H35FN6O5S/c1-5-41-23-12-7-20(17-24(23)42-6-2)18-37-26-27(33(3)30(40)34(4)28(26)39)32-29(37)43-19-25(38)36-15-13-35(14-16-36)22-10-8-21(31)9-11-22/h7-12,17H,5-6,13-16,18-19H2,1-4H3. The Morgan fingerprint density at radius 1 is 0.930 bits per heavy atom. The number of aryl methyl sites for hydroxylation is 1. The second-order valence-corrected chi connectivity index (χ2v) is 11.1. The molecule has 2 aromatic carbocycles. The third-order valence-corrected chi connectivity index (χ3v) is 8.37. The second-order valence-electron chi connectivity index (χ2n) is 10.1. The van der Waals surface area contributed by atoms with Gasteiger partial charge in [-0.1, -0.05) is 17.8 Å². The molecule has 1 saturated heterocycles. The summed E-state index contributed by atoms with van der Waals surface area (Å²) in [5, 5.41) is 0.457. The van der Waals surface area contributed by atoms with Crippen LogP contribution in [0.3, 0.4) is 0 Å². The third kappa shape index (κ3) is 6.26. The first-order valence-corrected chi connectivity index (χ1v) is 15.2. The van der Waals surface area contributed by atoms with E-state index in [-0.39, 0.29) is 35.2 Å². The number of halogens is 1. The number of benzene rings is 2. The van der Waals surface area contributed by atoms with E-state index in [9.17, 15) is 18.8 Å². The third-order valence-electron chi connectivity index (χ3n) is 7.41. The average molecular weight is 611 g/mol. The molecule has 13 heteroatoms. The molecule has 0 N–H and O–H groups in total. The summed E-state index contributed by atoms with van der Waals surface area (Å²) in [6, 6.07) is 11.9. The minimum atomic E-state index is -0.478. The van der Waals surface area contributed by atoms with Gasteiger partial charge in [0, 0.05) is 46.0 Å². The Hall–Kier alpha value is -4.26. The number of imidazole rings is 1. The maximum absolute atomic E-state index is 13.3. The van der Waals surface area contributed by atoms with Crippen LogP contribution in [0.1, 0.15) is 19.4 Å². The molecule has 0 saturated carbocycles. The molecule has 1 amide bonds. The summed E-state index contributed by atoms with van der Waals surface area (Å²) in [6.45, 7) is 7.36. The van der Waals surface area contributed by atoms with Gasteiger partial charge in [0.05, 0.1) is 25.5 Å². The number of aromatic nitrogens is 4. The molecule has 4 aromatic rings. The van der Waals surface area contributed by atoms with E-state index < -0.39 is 11.2 Å². The molecule has 228 valence electrons. The zero-order valence-electron chi connectivity index (χ0n) is 24.7. The highest BCUT2D eigenvalue weighted by molar-refractivity contribution is 7.99. The fourth-order valence-corrected chi connectivity index (χ4v) is 6.04. The molecule has 11 nitrogen and oxygen atoms in total. The van der Waals surface area contributed by atoms with E-state index in [1.807, 2.05) is 32.0 Å². The Kier molecular flexibility index (Phi) is 9.09. The number of piperazine rings is 1. The zero-order chi connectivity index (χ0) is 30.7. The van der Waals surface area contributed by atoms with Crippen molar-refractivity contribution in [3.8, 4) is 11.5 Å². The first-order chi connectivity index (χ1) is 20.7. The van der Waals surface area contributed by atoms with Gasteiger partial charge in [0.2, 0.25) is 5.91 Å². The number of amides is 1. The molecule has 3 heterocycles. The Balaban J connectivity index is 1.39. The predicted octanol–water partition coefficient (Wildman–Crippen LogP) is 2.86. The molecule has 0 aliphatic carbocycles. The molecular weight excluding hydrogens is 575 g/mol. The molecule has 43 heavy (non-hydrogen) atoms. The van der Waals surface area contributed by atoms with E-state index in [4.69, 9.17) is 9.47 Å². The topological polar surface area (TPSA) is 104 Å². The van der Waals surface area contributed by atoms with E-state index in [0.717, 1.165) is 15.8 Å². The number of hydrogen-bond donors (Lipinski definition) is 0. The molecule has 0 radical (unpaired) electrons. The van der Waals surface area contributed by atoms with Gasteiger partial charge in [-0.05, 0) is 55.8 Å². The molecule has 1 aliphatic rings. The number of fused-ring (bicyclic) bond motifs is 1. The average Bonchev–Trinajstić information content (AvgIpc) is 3.37. The van der Waals surface area contributed by atoms with Gasteiger partial charge in [0.25, 0.3) is 5.56 Å². The van der Waals surface area contributed by atoms with Crippen LogP contribution in [0.25, 0.3) is 11.2 Å². The Bertz CT molecular complexity index is 1740. The second kappa shape index (κ2) is 12.9. The van der Waals surface area contributed by atoms with Crippen molar-refractivity contribution in [2.45, 2.75) is 25.5 Å². The number of carbonyl (C=O) groups is 1. The lowest BCUT2D eigenvalue weighted by Crippen LogP contribution is -2.49. The number of rotatable bonds is 10. The van der Waals surface area contributed by atoms with Crippen LogP contribution in [0.15, 0.2) is 57.2 Å². The highest BCUT2D eigenvalue weighted by Gasteiger charge is 2.24. The van der Waals surface area contributed by atoms with Crippen molar-refractivity contribution in [1.82, 2.24) is 23.6 Å². The summed E-state index contributed by atoms with van der Waals surface area (Å²) >= 11 is 1.23. The SMILES string of the molecule is CCOc1ccc(Cn2c(SCC(=O)N3CCN(c4ccc(F)cc4)CC3)nc3c2c(=O)n(C)c(=O)n3C)cc1OCC. The van der Waals surface area contributed by atoms with Crippen molar-refractivity contribution in [3.63, 3.8) is 0 Å². The van der Waals surface area contributed by atoms with Gasteiger partial charge >= 0.3 is 5.69 Å². The largest absolute Gasteiger partial charge is 0.490 e. The molecule has 0 unspecified atom stereocenters. The first-order valence-electron chi connectivity index (χ1n) is 14.2. The normalized spacial score (nSPS) is 13.5. The Morgan fingerprint density at radius 2 is 1.60 bits per heavy atom. The molecule has 5 rings (SSSR count). The molecule has 0 spiro atoms. The number of hydrogen-bond acceptors (Lipinski definition) is 8. The molecule has 1 aliphatic heterocycles. The molecule has 2 aromatic heterocycles. The summed E-state index contributed by atoms with van der Waals surface area (Å²) in [5.41, 5.74) is 1.36. The van der Waals surface area contributed by atoms with Crippen LogP contribution in [0, 0.1) is 5.82 Å². The van der Waals surface area contributed by atoms with Crippen LogP contribution in [-0.4, -0.2) is 74.6 Å². The van der Waals surface area contributed by atoms with E-state index in [2.05, 4.69) is 9.88 Å². The van der Waals surface area contributed by atoms with Crippen LogP contribution in [0.4, 0.5) is 10.1 Å². The minimum Gasteiger partial charge on any atom is -0.490 e. The van der Waals surface area contributed by atoms with Crippen molar-refractivity contribution in [2.75, 3.05) is 50.0 Å². The molecule has 0 bridgehead atoms. The smallest absolute Gasteiger partial charge is 0.332 e. The maximum atomic E-state index is 13.3. The lowest BCUT2D eigenvalue weighted by molar-refractivity contribution is -0.128. The van der Waals surface area contributed by atoms with Gasteiger partial charge in [-0.25, -0.2) is 14.2 Å². The van der Waals surface area contributed by atoms with Gasteiger partial charge in [0.1, 0.15) is 5.82 Å². The van der Waals surface area contributed by atoms with Crippen LogP contribution in [-0.2, 0) is 25.4 Å². The van der Waals surface area contributed by atoms with Crippen LogP contribution in [0.5, 0.6) is 11.5 Å². The number of nitrogens with zero attached hydrogens (tertiary/aromatic N) is 6. The highest BCUT2D eigenvalue weighted by atomic mass is 32.2. The minimum absolute atomic E-state index is 0.0520. The zero-order valence-corrected chi connectivity index (χ0v) is 25.5. The summed E-state index contributed by atoms with van der Waals surface area (Å²) in [6.07, 6.45) is 0. The van der Waals surface area contributed by atoms with Crippen molar-refractivity contribution in [3.05, 3.63) is 74.7 Å². The molecule has 1 fully saturated rings. The van der Waals surface area contributed by atoms with Crippen molar-refractivity contribution >= 4 is 34.5 Å². The van der Waals surface area contributed by atoms with E-state index in [1.54, 1.807) is 28.6 Å². The number of carbonyl (C=O) groups excluding carboxylic acids is 1. The quantitative estimate of drug-likeness (QED) is 0.253. The summed E-state index contributed by atoms with van der Waals surface area (Å²) in [7, 11) is 3.01. The number of thioether (sulfide) groups is 1. The van der Waals surface area contributed by atoms with Gasteiger partial charge in [-0.2, -0.15) is 0 Å². The van der Waals surface area contributed by atoms with Gasteiger partial charge < -0.3 is 23.8 Å². The van der Waals surface area contributed by atoms with E-state index >= 15 is 0 Å². The highest BCUT2D eigenvalue weighted by Crippen LogP contribution is 2.30. The van der Waals surface area contributed by atoms with Crippen molar-refractivity contribution in [2.24, 2.45) is 14.1 Å². The Labute approximate surface area is 252 Å². The molecular formula is C30H35FN6O5S. The molecule has 0 atom stereocenters. The van der Waals surface area contributed by atoms with Gasteiger partial charge in [0.15, 0.2) is 27.8 Å². The summed E-state index contributed by atoms with van der Waals surface area (Å²) < 4.78 is 29.0. The van der Waals surface area contributed by atoms with Crippen LogP contribution in [0.2, 0.25) is 0 Å². The number of ether oxygens (including phenoxy) is 2. The number of anilines is 1. The van der Waals surface area contributed by atoms with Crippen molar-refractivity contribution < 1.29 is 18.7 Å². The van der Waals surface area contributed by atoms with Crippen LogP contribution >= 0.6 is 11.8 Å². The van der Waals surface area contributed by atoms with E-state index in [0.29, 0.717) is 56.0 Å². The monoisotopic (exact) mass is 610 g/mol. The Morgan fingerprint density at radius 3 is 2.28 bits per heavy atom. The lowest BCUT2D eigenvalue weighted by Gasteiger charge is -2.36. The fraction of sp³-hybridized carbons (Fsp3) is 0.400. The summed E-state index contributed by atoms with van der Waals surface area (Å²) in [4.78, 5) is 47.8. The predicted molar refractivity (Wildman–Crippen MR) is 164 cm³/mol. The summed E-state index contributed by atoms with van der Waals surface area (Å²) in [5.74, 6) is 0.999. The van der Waals surface area contributed by atoms with Gasteiger partial charge in [-0.3, -0.25) is 18.7 Å². The van der Waals surface area contributed by atoms with Crippen molar-refractivity contribution in [1.29, 1.82) is 0 Å². The van der Waals surface area contributed by atoms with Gasteiger partial charge in [-0.15, -0.1) is 0 Å². The fourth-order valence-electron chi connectivity index (χ4n) is 5.14. The first kappa shape index (κ1) is 30.2. The van der Waals surface area contributed by atoms with Crippen LogP contribution < -0.4 is 25.6 Å².